The number of aryl methyl sites for hydroxylation is 1. The molecule has 0 spiro atoms. The molecule has 8 heteroatoms. The molecule has 0 aromatic heterocycles. The zero-order chi connectivity index (χ0) is 46.5. The Morgan fingerprint density at radius 2 is 0.536 bits per heavy atom. The Morgan fingerprint density at radius 3 is 0.841 bits per heavy atom. The molecule has 2 aliphatic heterocycles. The smallest absolute Gasteiger partial charge is 0.162 e. The van der Waals surface area contributed by atoms with Crippen LogP contribution >= 0.6 is 12.7 Å². The lowest BCUT2D eigenvalue weighted by Crippen LogP contribution is -2.26. The van der Waals surface area contributed by atoms with Crippen LogP contribution in [-0.2, 0) is 23.6 Å². The first-order valence-corrected chi connectivity index (χ1v) is 28.6. The van der Waals surface area contributed by atoms with Crippen molar-refractivity contribution in [1.29, 1.82) is 0 Å². The fraction of sp³-hybridized carbons (Fsp3) is 0.0164. The zero-order valence-corrected chi connectivity index (χ0v) is 41.2. The molecule has 0 N–H and O–H groups in total. The fourth-order valence-electron chi connectivity index (χ4n) is 10.0. The van der Waals surface area contributed by atoms with E-state index in [9.17, 15) is 0 Å². The van der Waals surface area contributed by atoms with Crippen LogP contribution in [0, 0.1) is 6.92 Å². The minimum atomic E-state index is -2.79. The standard InChI is InChI=1S/C61H46N4P2S2/c1-45-21-18-22-46(39-45)49-40-50(47-23-19-33-56(43-47)66(68)62(52-25-6-2-7-26-52)58-35-14-15-36-59(58)63(66)53-27-8-3-9-28-53)42-51(41-49)48-24-20-34-57(44-48)67(69)64(54-29-10-4-11-30-54)60-37-16-17-38-61(60)65(67)55-31-12-5-13-32-55/h2-44H,1H3. The van der Waals surface area contributed by atoms with Crippen molar-refractivity contribution in [3.8, 4) is 33.4 Å². The highest BCUT2D eigenvalue weighted by atomic mass is 32.4. The summed E-state index contributed by atoms with van der Waals surface area (Å²) in [7, 11) is 0. The number of hydrogen-bond donors (Lipinski definition) is 0. The second-order valence-corrected chi connectivity index (χ2v) is 25.3. The van der Waals surface area contributed by atoms with E-state index in [-0.39, 0.29) is 0 Å². The lowest BCUT2D eigenvalue weighted by atomic mass is 9.93. The average molecular weight is 961 g/mol. The summed E-state index contributed by atoms with van der Waals surface area (Å²) in [4.78, 5) is 0. The third-order valence-corrected chi connectivity index (χ3v) is 22.2. The van der Waals surface area contributed by atoms with Crippen LogP contribution in [0.2, 0.25) is 0 Å². The van der Waals surface area contributed by atoms with E-state index in [4.69, 9.17) is 23.6 Å². The number of hydrogen-bond acceptors (Lipinski definition) is 2. The summed E-state index contributed by atoms with van der Waals surface area (Å²) in [5.74, 6) is 0. The summed E-state index contributed by atoms with van der Waals surface area (Å²) in [5, 5.41) is 2.20. The second-order valence-electron chi connectivity index (χ2n) is 17.4. The normalized spacial score (nSPS) is 14.4. The maximum atomic E-state index is 7.22. The largest absolute Gasteiger partial charge is 0.291 e. The molecule has 4 nitrogen and oxygen atoms in total. The molecule has 0 radical (unpaired) electrons. The van der Waals surface area contributed by atoms with Crippen molar-refractivity contribution in [3.63, 3.8) is 0 Å². The van der Waals surface area contributed by atoms with Crippen LogP contribution in [-0.4, -0.2) is 0 Å². The minimum absolute atomic E-state index is 1.07. The molecule has 0 atom stereocenters. The van der Waals surface area contributed by atoms with Gasteiger partial charge in [0.2, 0.25) is 0 Å². The van der Waals surface area contributed by atoms with Crippen molar-refractivity contribution in [1.82, 2.24) is 0 Å². The molecule has 0 amide bonds. The van der Waals surface area contributed by atoms with Gasteiger partial charge < -0.3 is 0 Å². The van der Waals surface area contributed by atoms with Crippen molar-refractivity contribution in [3.05, 3.63) is 266 Å². The number of benzene rings is 10. The van der Waals surface area contributed by atoms with E-state index in [0.717, 1.165) is 83.9 Å². The molecule has 69 heavy (non-hydrogen) atoms. The van der Waals surface area contributed by atoms with Gasteiger partial charge in [0.15, 0.2) is 12.7 Å². The fourth-order valence-corrected chi connectivity index (χ4v) is 19.0. The van der Waals surface area contributed by atoms with E-state index in [1.54, 1.807) is 0 Å². The van der Waals surface area contributed by atoms with Crippen LogP contribution in [0.25, 0.3) is 33.4 Å². The summed E-state index contributed by atoms with van der Waals surface area (Å²) < 4.78 is 9.71. The summed E-state index contributed by atoms with van der Waals surface area (Å²) in [6.45, 7) is 2.16. The Kier molecular flexibility index (Phi) is 11.0. The Balaban J connectivity index is 1.04. The van der Waals surface area contributed by atoms with Gasteiger partial charge in [-0.1, -0.05) is 163 Å². The summed E-state index contributed by atoms with van der Waals surface area (Å²) >= 11 is 14.4. The molecule has 0 aliphatic carbocycles. The van der Waals surface area contributed by atoms with Crippen molar-refractivity contribution >= 4 is 92.4 Å². The Hall–Kier alpha value is -7.30. The molecule has 10 aromatic carbocycles. The van der Waals surface area contributed by atoms with Gasteiger partial charge in [-0.2, -0.15) is 0 Å². The van der Waals surface area contributed by atoms with Crippen LogP contribution < -0.4 is 29.3 Å². The number of fused-ring (bicyclic) bond motifs is 2. The van der Waals surface area contributed by atoms with Crippen LogP contribution in [0.3, 0.4) is 0 Å². The van der Waals surface area contributed by atoms with E-state index in [1.165, 1.54) is 11.1 Å². The number of anilines is 8. The van der Waals surface area contributed by atoms with Gasteiger partial charge in [0, 0.05) is 33.4 Å². The van der Waals surface area contributed by atoms with Crippen LogP contribution in [0.4, 0.5) is 45.5 Å². The predicted octanol–water partition coefficient (Wildman–Crippen LogP) is 16.8. The Labute approximate surface area is 415 Å². The van der Waals surface area contributed by atoms with Crippen molar-refractivity contribution < 1.29 is 0 Å². The second kappa shape index (κ2) is 17.7. The maximum Gasteiger partial charge on any atom is 0.162 e. The first kappa shape index (κ1) is 43.0. The van der Waals surface area contributed by atoms with Crippen molar-refractivity contribution in [2.24, 2.45) is 0 Å². The van der Waals surface area contributed by atoms with Gasteiger partial charge in [0.1, 0.15) is 0 Å². The van der Waals surface area contributed by atoms with Gasteiger partial charge in [-0.05, 0) is 167 Å². The zero-order valence-electron chi connectivity index (χ0n) is 37.8. The van der Waals surface area contributed by atoms with Crippen molar-refractivity contribution in [2.75, 3.05) is 18.7 Å². The van der Waals surface area contributed by atoms with E-state index in [1.807, 2.05) is 0 Å². The topological polar surface area (TPSA) is 13.0 Å². The molecule has 332 valence electrons. The quantitative estimate of drug-likeness (QED) is 0.133. The summed E-state index contributed by atoms with van der Waals surface area (Å²) in [6.07, 6.45) is -5.59. The molecule has 0 saturated carbocycles. The van der Waals surface area contributed by atoms with E-state index in [2.05, 4.69) is 286 Å². The van der Waals surface area contributed by atoms with Gasteiger partial charge in [-0.25, -0.2) is 0 Å². The third kappa shape index (κ3) is 7.35. The minimum Gasteiger partial charge on any atom is -0.291 e. The summed E-state index contributed by atoms with van der Waals surface area (Å²) in [5.41, 5.74) is 16.7. The van der Waals surface area contributed by atoms with Gasteiger partial charge in [-0.3, -0.25) is 18.7 Å². The van der Waals surface area contributed by atoms with Gasteiger partial charge in [-0.15, -0.1) is 0 Å². The molecule has 10 aromatic rings. The molecular formula is C61H46N4P2S2. The van der Waals surface area contributed by atoms with E-state index < -0.39 is 12.7 Å². The van der Waals surface area contributed by atoms with E-state index >= 15 is 0 Å². The average Bonchev–Trinajstić information content (AvgIpc) is 3.85. The molecule has 12 rings (SSSR count). The number of rotatable bonds is 9. The Morgan fingerprint density at radius 1 is 0.261 bits per heavy atom. The lowest BCUT2D eigenvalue weighted by molar-refractivity contribution is 1.44. The van der Waals surface area contributed by atoms with Crippen LogP contribution in [0.1, 0.15) is 5.56 Å². The molecule has 2 aliphatic rings. The highest BCUT2D eigenvalue weighted by Gasteiger charge is 2.46. The molecule has 0 bridgehead atoms. The first-order chi connectivity index (χ1) is 33.9. The predicted molar refractivity (Wildman–Crippen MR) is 303 cm³/mol. The van der Waals surface area contributed by atoms with Crippen LogP contribution in [0.15, 0.2) is 261 Å². The molecule has 2 heterocycles. The highest BCUT2D eigenvalue weighted by Crippen LogP contribution is 2.71. The molecule has 0 unspecified atom stereocenters. The number of nitrogens with zero attached hydrogens (tertiary/aromatic N) is 4. The first-order valence-electron chi connectivity index (χ1n) is 23.1. The molecule has 0 saturated heterocycles. The van der Waals surface area contributed by atoms with Crippen molar-refractivity contribution in [2.45, 2.75) is 6.92 Å². The van der Waals surface area contributed by atoms with Gasteiger partial charge in [0.05, 0.1) is 22.7 Å². The van der Waals surface area contributed by atoms with Crippen LogP contribution in [0.5, 0.6) is 0 Å². The monoisotopic (exact) mass is 960 g/mol. The third-order valence-electron chi connectivity index (χ3n) is 13.1. The van der Waals surface area contributed by atoms with Gasteiger partial charge >= 0.3 is 0 Å². The highest BCUT2D eigenvalue weighted by molar-refractivity contribution is 8.20. The lowest BCUT2D eigenvalue weighted by Gasteiger charge is -2.37. The van der Waals surface area contributed by atoms with E-state index in [0.29, 0.717) is 0 Å². The summed E-state index contributed by atoms with van der Waals surface area (Å²) in [6, 6.07) is 93.7. The molecular weight excluding hydrogens is 915 g/mol. The maximum absolute atomic E-state index is 7.22. The number of para-hydroxylation sites is 8. The Bertz CT molecular complexity index is 3270. The SMILES string of the molecule is Cc1cccc(-c2cc(-c3cccc(P4(=S)N(c5ccccc5)c5ccccc5N4c4ccccc4)c3)cc(-c3cccc(P4(=S)N(c5ccccc5)c5ccccc5N4c4ccccc4)c3)c2)c1. The van der Waals surface area contributed by atoms with Gasteiger partial charge in [0.25, 0.3) is 0 Å². The molecule has 0 fully saturated rings.